The molecule has 2 heterocycles. The number of benzene rings is 1. The molecule has 0 saturated carbocycles. The summed E-state index contributed by atoms with van der Waals surface area (Å²) < 4.78 is 5.84. The highest BCUT2D eigenvalue weighted by Gasteiger charge is 2.27. The second-order valence-corrected chi connectivity index (χ2v) is 4.44. The Labute approximate surface area is 106 Å². The molecule has 2 aromatic rings. The molecule has 4 heteroatoms. The largest absolute Gasteiger partial charge is 0.371 e. The third-order valence-corrected chi connectivity index (χ3v) is 3.32. The topological polar surface area (TPSA) is 61.0 Å². The number of fused-ring (bicyclic) bond motifs is 1. The van der Waals surface area contributed by atoms with E-state index >= 15 is 0 Å². The van der Waals surface area contributed by atoms with Crippen LogP contribution in [0.25, 0.3) is 0 Å². The Morgan fingerprint density at radius 1 is 1.22 bits per heavy atom. The normalized spacial score (nSPS) is 20.2. The van der Waals surface area contributed by atoms with Crippen molar-refractivity contribution < 1.29 is 4.74 Å². The Morgan fingerprint density at radius 3 is 2.83 bits per heavy atom. The molecule has 4 nitrogen and oxygen atoms in total. The van der Waals surface area contributed by atoms with Crippen LogP contribution in [0.15, 0.2) is 43.0 Å². The molecular weight excluding hydrogens is 226 g/mol. The van der Waals surface area contributed by atoms with Crippen LogP contribution in [0.3, 0.4) is 0 Å². The summed E-state index contributed by atoms with van der Waals surface area (Å²) in [6.45, 7) is 0.711. The monoisotopic (exact) mass is 241 g/mol. The maximum Gasteiger partial charge on any atom is 0.115 e. The molecule has 18 heavy (non-hydrogen) atoms. The molecule has 2 N–H and O–H groups in total. The van der Waals surface area contributed by atoms with Gasteiger partial charge in [0.1, 0.15) is 12.4 Å². The van der Waals surface area contributed by atoms with E-state index in [0.717, 1.165) is 12.0 Å². The first-order valence-electron chi connectivity index (χ1n) is 6.06. The van der Waals surface area contributed by atoms with Crippen LogP contribution in [-0.4, -0.2) is 16.6 Å². The quantitative estimate of drug-likeness (QED) is 0.870. The van der Waals surface area contributed by atoms with Gasteiger partial charge in [-0.25, -0.2) is 9.97 Å². The molecule has 2 atom stereocenters. The highest BCUT2D eigenvalue weighted by molar-refractivity contribution is 5.33. The molecule has 1 aromatic carbocycles. The van der Waals surface area contributed by atoms with Gasteiger partial charge in [0.15, 0.2) is 0 Å². The average molecular weight is 241 g/mol. The van der Waals surface area contributed by atoms with Crippen molar-refractivity contribution in [3.8, 4) is 0 Å². The first kappa shape index (κ1) is 11.3. The van der Waals surface area contributed by atoms with Crippen molar-refractivity contribution in [1.29, 1.82) is 0 Å². The average Bonchev–Trinajstić information content (AvgIpc) is 2.47. The van der Waals surface area contributed by atoms with E-state index in [1.54, 1.807) is 12.4 Å². The van der Waals surface area contributed by atoms with E-state index < -0.39 is 0 Å². The van der Waals surface area contributed by atoms with Crippen LogP contribution in [0.2, 0.25) is 0 Å². The van der Waals surface area contributed by atoms with Crippen LogP contribution in [0.4, 0.5) is 0 Å². The summed E-state index contributed by atoms with van der Waals surface area (Å²) in [6.07, 6.45) is 5.84. The zero-order valence-corrected chi connectivity index (χ0v) is 9.99. The Bertz CT molecular complexity index is 530. The summed E-state index contributed by atoms with van der Waals surface area (Å²) in [5, 5.41) is 0. The van der Waals surface area contributed by atoms with Crippen molar-refractivity contribution in [3.63, 3.8) is 0 Å². The summed E-state index contributed by atoms with van der Waals surface area (Å²) in [7, 11) is 0. The first-order chi connectivity index (χ1) is 8.86. The van der Waals surface area contributed by atoms with E-state index in [0.29, 0.717) is 6.61 Å². The van der Waals surface area contributed by atoms with Crippen LogP contribution in [0.1, 0.15) is 28.8 Å². The van der Waals surface area contributed by atoms with E-state index in [4.69, 9.17) is 10.5 Å². The smallest absolute Gasteiger partial charge is 0.115 e. The van der Waals surface area contributed by atoms with Crippen molar-refractivity contribution in [2.45, 2.75) is 18.6 Å². The molecule has 2 unspecified atom stereocenters. The number of ether oxygens (including phenoxy) is 1. The summed E-state index contributed by atoms with van der Waals surface area (Å²) in [4.78, 5) is 8.02. The van der Waals surface area contributed by atoms with E-state index in [1.807, 2.05) is 6.07 Å². The van der Waals surface area contributed by atoms with Gasteiger partial charge in [-0.1, -0.05) is 24.3 Å². The van der Waals surface area contributed by atoms with Gasteiger partial charge in [-0.15, -0.1) is 0 Å². The molecule has 0 saturated heterocycles. The number of hydrogen-bond donors (Lipinski definition) is 1. The van der Waals surface area contributed by atoms with Crippen LogP contribution in [0.5, 0.6) is 0 Å². The second-order valence-electron chi connectivity index (χ2n) is 4.44. The van der Waals surface area contributed by atoms with E-state index in [9.17, 15) is 0 Å². The molecule has 92 valence electrons. The third-order valence-electron chi connectivity index (χ3n) is 3.32. The van der Waals surface area contributed by atoms with E-state index in [-0.39, 0.29) is 12.1 Å². The number of nitrogens with two attached hydrogens (primary N) is 1. The number of aromatic nitrogens is 2. The standard InChI is InChI=1S/C14H15N3O/c15-13(11-7-16-9-17-8-11)14-12-4-2-1-3-10(12)5-6-18-14/h1-4,7-9,13-14H,5-6,15H2. The summed E-state index contributed by atoms with van der Waals surface area (Å²) >= 11 is 0. The Hall–Kier alpha value is -1.78. The lowest BCUT2D eigenvalue weighted by molar-refractivity contribution is 0.0240. The van der Waals surface area contributed by atoms with Gasteiger partial charge in [0.25, 0.3) is 0 Å². The van der Waals surface area contributed by atoms with Crippen LogP contribution < -0.4 is 5.73 Å². The van der Waals surface area contributed by atoms with Crippen LogP contribution in [0, 0.1) is 0 Å². The molecule has 0 fully saturated rings. The molecule has 1 aliphatic rings. The van der Waals surface area contributed by atoms with Gasteiger partial charge < -0.3 is 10.5 Å². The maximum absolute atomic E-state index is 6.28. The molecule has 1 aromatic heterocycles. The van der Waals surface area contributed by atoms with Crippen molar-refractivity contribution >= 4 is 0 Å². The zero-order valence-electron chi connectivity index (χ0n) is 9.99. The van der Waals surface area contributed by atoms with Gasteiger partial charge in [-0.05, 0) is 17.5 Å². The van der Waals surface area contributed by atoms with Gasteiger partial charge in [-0.3, -0.25) is 0 Å². The maximum atomic E-state index is 6.28. The Kier molecular flexibility index (Phi) is 3.04. The first-order valence-corrected chi connectivity index (χ1v) is 6.06. The molecule has 0 spiro atoms. The number of nitrogens with zero attached hydrogens (tertiary/aromatic N) is 2. The van der Waals surface area contributed by atoms with Crippen molar-refractivity contribution in [1.82, 2.24) is 9.97 Å². The number of hydrogen-bond acceptors (Lipinski definition) is 4. The van der Waals surface area contributed by atoms with E-state index in [1.165, 1.54) is 17.5 Å². The predicted molar refractivity (Wildman–Crippen MR) is 67.8 cm³/mol. The Morgan fingerprint density at radius 2 is 2.00 bits per heavy atom. The lowest BCUT2D eigenvalue weighted by Crippen LogP contribution is -2.27. The minimum Gasteiger partial charge on any atom is -0.371 e. The SMILES string of the molecule is NC(c1cncnc1)C1OCCc2ccccc21. The van der Waals surface area contributed by atoms with Crippen molar-refractivity contribution in [2.24, 2.45) is 5.73 Å². The summed E-state index contributed by atoms with van der Waals surface area (Å²) in [5.74, 6) is 0. The molecule has 1 aliphatic heterocycles. The van der Waals surface area contributed by atoms with Crippen LogP contribution >= 0.6 is 0 Å². The minimum atomic E-state index is -0.229. The van der Waals surface area contributed by atoms with Crippen molar-refractivity contribution in [3.05, 3.63) is 59.7 Å². The molecule has 0 radical (unpaired) electrons. The van der Waals surface area contributed by atoms with Gasteiger partial charge in [0.05, 0.1) is 12.6 Å². The summed E-state index contributed by atoms with van der Waals surface area (Å²) in [6, 6.07) is 8.07. The predicted octanol–water partition coefficient (Wildman–Crippen LogP) is 1.79. The lowest BCUT2D eigenvalue weighted by atomic mass is 9.91. The fraction of sp³-hybridized carbons (Fsp3) is 0.286. The minimum absolute atomic E-state index is 0.110. The highest BCUT2D eigenvalue weighted by Crippen LogP contribution is 2.34. The van der Waals surface area contributed by atoms with Crippen molar-refractivity contribution in [2.75, 3.05) is 6.61 Å². The molecule has 0 aliphatic carbocycles. The zero-order chi connectivity index (χ0) is 12.4. The fourth-order valence-electron chi connectivity index (χ4n) is 2.38. The third kappa shape index (κ3) is 2.00. The van der Waals surface area contributed by atoms with Gasteiger partial charge in [0, 0.05) is 18.0 Å². The van der Waals surface area contributed by atoms with Gasteiger partial charge in [0.2, 0.25) is 0 Å². The Balaban J connectivity index is 1.94. The number of rotatable bonds is 2. The summed E-state index contributed by atoms with van der Waals surface area (Å²) in [5.41, 5.74) is 9.68. The van der Waals surface area contributed by atoms with Gasteiger partial charge in [-0.2, -0.15) is 0 Å². The highest BCUT2D eigenvalue weighted by atomic mass is 16.5. The lowest BCUT2D eigenvalue weighted by Gasteiger charge is -2.30. The molecule has 0 bridgehead atoms. The molecular formula is C14H15N3O. The fourth-order valence-corrected chi connectivity index (χ4v) is 2.38. The van der Waals surface area contributed by atoms with Gasteiger partial charge >= 0.3 is 0 Å². The van der Waals surface area contributed by atoms with Crippen LogP contribution in [-0.2, 0) is 11.2 Å². The molecule has 0 amide bonds. The van der Waals surface area contributed by atoms with E-state index in [2.05, 4.69) is 28.2 Å². The second kappa shape index (κ2) is 4.84. The molecule has 3 rings (SSSR count).